The summed E-state index contributed by atoms with van der Waals surface area (Å²) in [4.78, 5) is 12.8. The molecule has 0 fully saturated rings. The van der Waals surface area contributed by atoms with Gasteiger partial charge in [0.2, 0.25) is 0 Å². The Labute approximate surface area is 162 Å². The number of carbonyl (C=O) groups is 1. The monoisotopic (exact) mass is 370 g/mol. The zero-order valence-electron chi connectivity index (χ0n) is 17.0. The van der Waals surface area contributed by atoms with Gasteiger partial charge in [0, 0.05) is 18.8 Å². The van der Waals surface area contributed by atoms with Crippen LogP contribution in [0.5, 0.6) is 11.5 Å². The molecule has 0 aliphatic heterocycles. The number of aromatic nitrogens is 1. The van der Waals surface area contributed by atoms with Gasteiger partial charge in [-0.05, 0) is 55.5 Å². The van der Waals surface area contributed by atoms with Gasteiger partial charge >= 0.3 is 0 Å². The van der Waals surface area contributed by atoms with E-state index in [1.165, 1.54) is 5.56 Å². The summed E-state index contributed by atoms with van der Waals surface area (Å²) >= 11 is 0. The first kappa shape index (κ1) is 20.6. The molecule has 0 aliphatic carbocycles. The van der Waals surface area contributed by atoms with Crippen LogP contribution in [0.2, 0.25) is 0 Å². The second kappa shape index (κ2) is 9.31. The molecule has 0 bridgehead atoms. The lowest BCUT2D eigenvalue weighted by Crippen LogP contribution is -2.28. The Bertz CT molecular complexity index is 821. The number of hydrogen-bond donors (Lipinski definition) is 1. The molecule has 0 atom stereocenters. The van der Waals surface area contributed by atoms with Gasteiger partial charge in [0.05, 0.1) is 14.2 Å². The summed E-state index contributed by atoms with van der Waals surface area (Å²) in [6, 6.07) is 5.81. The van der Waals surface area contributed by atoms with E-state index in [0.717, 1.165) is 28.9 Å². The number of methoxy groups -OCH3 is 2. The Kier molecular flexibility index (Phi) is 7.11. The largest absolute Gasteiger partial charge is 0.493 e. The molecular formula is C22H30N2O3. The topological polar surface area (TPSA) is 52.5 Å². The van der Waals surface area contributed by atoms with E-state index >= 15 is 0 Å². The van der Waals surface area contributed by atoms with E-state index in [1.807, 2.05) is 35.8 Å². The standard InChI is InChI=1S/C22H30N2O3/c1-7-13-24-16(4)18(8-2)15(3)21(24)22(25)23-12-11-17-9-10-19(26-5)20(14-17)27-6/h7,9-10,14H,1,8,11-13H2,2-6H3,(H,23,25). The molecule has 0 saturated heterocycles. The second-order valence-corrected chi connectivity index (χ2v) is 6.49. The number of rotatable bonds is 9. The van der Waals surface area contributed by atoms with Crippen LogP contribution in [-0.4, -0.2) is 31.2 Å². The highest BCUT2D eigenvalue weighted by Gasteiger charge is 2.20. The molecule has 1 aromatic heterocycles. The van der Waals surface area contributed by atoms with Crippen LogP contribution in [0.4, 0.5) is 0 Å². The number of hydrogen-bond acceptors (Lipinski definition) is 3. The van der Waals surface area contributed by atoms with Gasteiger partial charge in [-0.15, -0.1) is 6.58 Å². The van der Waals surface area contributed by atoms with Gasteiger partial charge in [0.1, 0.15) is 5.69 Å². The zero-order chi connectivity index (χ0) is 20.0. The molecule has 0 unspecified atom stereocenters. The van der Waals surface area contributed by atoms with Crippen molar-refractivity contribution >= 4 is 5.91 Å². The molecule has 0 spiro atoms. The third kappa shape index (κ3) is 4.35. The molecule has 1 amide bonds. The lowest BCUT2D eigenvalue weighted by atomic mass is 10.1. The van der Waals surface area contributed by atoms with Crippen molar-refractivity contribution in [2.24, 2.45) is 0 Å². The molecular weight excluding hydrogens is 340 g/mol. The fraction of sp³-hybridized carbons (Fsp3) is 0.409. The van der Waals surface area contributed by atoms with E-state index in [9.17, 15) is 4.79 Å². The first-order valence-corrected chi connectivity index (χ1v) is 9.26. The van der Waals surface area contributed by atoms with Gasteiger partial charge in [0.25, 0.3) is 5.91 Å². The Morgan fingerprint density at radius 2 is 1.93 bits per heavy atom. The number of ether oxygens (including phenoxy) is 2. The van der Waals surface area contributed by atoms with Crippen molar-refractivity contribution in [3.63, 3.8) is 0 Å². The zero-order valence-corrected chi connectivity index (χ0v) is 17.0. The van der Waals surface area contributed by atoms with Crippen molar-refractivity contribution in [2.75, 3.05) is 20.8 Å². The van der Waals surface area contributed by atoms with Gasteiger partial charge in [0.15, 0.2) is 11.5 Å². The van der Waals surface area contributed by atoms with Crippen molar-refractivity contribution in [3.05, 3.63) is 58.9 Å². The first-order valence-electron chi connectivity index (χ1n) is 9.26. The maximum Gasteiger partial charge on any atom is 0.268 e. The molecule has 1 heterocycles. The Morgan fingerprint density at radius 3 is 2.52 bits per heavy atom. The maximum absolute atomic E-state index is 12.8. The molecule has 0 aliphatic rings. The van der Waals surface area contributed by atoms with Crippen molar-refractivity contribution < 1.29 is 14.3 Å². The first-order chi connectivity index (χ1) is 13.0. The highest BCUT2D eigenvalue weighted by atomic mass is 16.5. The molecule has 5 nitrogen and oxygen atoms in total. The predicted molar refractivity (Wildman–Crippen MR) is 109 cm³/mol. The summed E-state index contributed by atoms with van der Waals surface area (Å²) in [5.74, 6) is 1.35. The minimum atomic E-state index is -0.0439. The molecule has 0 radical (unpaired) electrons. The smallest absolute Gasteiger partial charge is 0.268 e. The molecule has 1 N–H and O–H groups in total. The normalized spacial score (nSPS) is 10.6. The maximum atomic E-state index is 12.8. The fourth-order valence-electron chi connectivity index (χ4n) is 3.56. The Balaban J connectivity index is 2.11. The molecule has 2 aromatic rings. The summed E-state index contributed by atoms with van der Waals surface area (Å²) in [5, 5.41) is 3.05. The highest BCUT2D eigenvalue weighted by Crippen LogP contribution is 2.27. The molecule has 27 heavy (non-hydrogen) atoms. The molecule has 1 aromatic carbocycles. The molecule has 2 rings (SSSR count). The molecule has 0 saturated carbocycles. The van der Waals surface area contributed by atoms with Crippen molar-refractivity contribution in [2.45, 2.75) is 40.2 Å². The molecule has 5 heteroatoms. The average Bonchev–Trinajstić information content (AvgIpc) is 2.91. The van der Waals surface area contributed by atoms with Gasteiger partial charge in [-0.1, -0.05) is 19.1 Å². The summed E-state index contributed by atoms with van der Waals surface area (Å²) in [7, 11) is 3.23. The summed E-state index contributed by atoms with van der Waals surface area (Å²) < 4.78 is 12.6. The Hall–Kier alpha value is -2.69. The lowest BCUT2D eigenvalue weighted by Gasteiger charge is -2.12. The fourth-order valence-corrected chi connectivity index (χ4v) is 3.56. The van der Waals surface area contributed by atoms with E-state index in [1.54, 1.807) is 14.2 Å². The number of benzene rings is 1. The number of nitrogens with zero attached hydrogens (tertiary/aromatic N) is 1. The third-order valence-electron chi connectivity index (χ3n) is 4.95. The van der Waals surface area contributed by atoms with Crippen molar-refractivity contribution in [3.8, 4) is 11.5 Å². The van der Waals surface area contributed by atoms with E-state index in [-0.39, 0.29) is 5.91 Å². The SMILES string of the molecule is C=CCn1c(C)c(CC)c(C)c1C(=O)NCCc1ccc(OC)c(OC)c1. The van der Waals surface area contributed by atoms with Gasteiger partial charge < -0.3 is 19.4 Å². The van der Waals surface area contributed by atoms with Crippen LogP contribution in [0.15, 0.2) is 30.9 Å². The van der Waals surface area contributed by atoms with Crippen LogP contribution >= 0.6 is 0 Å². The van der Waals surface area contributed by atoms with Crippen molar-refractivity contribution in [1.82, 2.24) is 9.88 Å². The minimum absolute atomic E-state index is 0.0439. The third-order valence-corrected chi connectivity index (χ3v) is 4.95. The van der Waals surface area contributed by atoms with Crippen LogP contribution in [0.1, 0.15) is 39.8 Å². The Morgan fingerprint density at radius 1 is 1.22 bits per heavy atom. The average molecular weight is 370 g/mol. The van der Waals surface area contributed by atoms with Crippen LogP contribution in [0.25, 0.3) is 0 Å². The van der Waals surface area contributed by atoms with Gasteiger partial charge in [-0.3, -0.25) is 4.79 Å². The van der Waals surface area contributed by atoms with E-state index in [0.29, 0.717) is 31.0 Å². The molecule has 146 valence electrons. The van der Waals surface area contributed by atoms with Gasteiger partial charge in [-0.25, -0.2) is 0 Å². The minimum Gasteiger partial charge on any atom is -0.493 e. The number of amides is 1. The van der Waals surface area contributed by atoms with E-state index < -0.39 is 0 Å². The van der Waals surface area contributed by atoms with Crippen LogP contribution < -0.4 is 14.8 Å². The quantitative estimate of drug-likeness (QED) is 0.682. The van der Waals surface area contributed by atoms with E-state index in [4.69, 9.17) is 9.47 Å². The van der Waals surface area contributed by atoms with Gasteiger partial charge in [-0.2, -0.15) is 0 Å². The van der Waals surface area contributed by atoms with E-state index in [2.05, 4.69) is 25.7 Å². The number of carbonyl (C=O) groups excluding carboxylic acids is 1. The second-order valence-electron chi connectivity index (χ2n) is 6.49. The number of nitrogens with one attached hydrogen (secondary N) is 1. The summed E-state index contributed by atoms with van der Waals surface area (Å²) in [6.07, 6.45) is 3.45. The predicted octanol–water partition coefficient (Wildman–Crippen LogP) is 3.84. The van der Waals surface area contributed by atoms with Crippen LogP contribution in [0.3, 0.4) is 0 Å². The number of allylic oxidation sites excluding steroid dienone is 1. The summed E-state index contributed by atoms with van der Waals surface area (Å²) in [5.41, 5.74) is 5.25. The summed E-state index contributed by atoms with van der Waals surface area (Å²) in [6.45, 7) is 11.2. The van der Waals surface area contributed by atoms with Crippen molar-refractivity contribution in [1.29, 1.82) is 0 Å². The van der Waals surface area contributed by atoms with Crippen LogP contribution in [-0.2, 0) is 19.4 Å². The lowest BCUT2D eigenvalue weighted by molar-refractivity contribution is 0.0944. The highest BCUT2D eigenvalue weighted by molar-refractivity contribution is 5.95. The van der Waals surface area contributed by atoms with Crippen LogP contribution in [0, 0.1) is 13.8 Å².